The van der Waals surface area contributed by atoms with E-state index in [9.17, 15) is 18.0 Å². The van der Waals surface area contributed by atoms with Crippen LogP contribution in [0.2, 0.25) is 5.02 Å². The maximum atomic E-state index is 14.5. The van der Waals surface area contributed by atoms with Gasteiger partial charge in [0.2, 0.25) is 11.8 Å². The van der Waals surface area contributed by atoms with Crippen molar-refractivity contribution in [2.24, 2.45) is 5.92 Å². The highest BCUT2D eigenvalue weighted by atomic mass is 35.5. The normalized spacial score (nSPS) is 12.0. The molecule has 2 amide bonds. The zero-order chi connectivity index (χ0) is 32.6. The Balaban J connectivity index is 1.81. The van der Waals surface area contributed by atoms with Crippen LogP contribution in [0.1, 0.15) is 36.1 Å². The number of carbonyl (C=O) groups is 2. The molecule has 7 nitrogen and oxygen atoms in total. The second kappa shape index (κ2) is 15.2. The van der Waals surface area contributed by atoms with Gasteiger partial charge in [-0.05, 0) is 60.7 Å². The Kier molecular flexibility index (Phi) is 11.4. The molecule has 0 spiro atoms. The first kappa shape index (κ1) is 33.7. The van der Waals surface area contributed by atoms with Gasteiger partial charge in [-0.2, -0.15) is 0 Å². The number of nitrogens with one attached hydrogen (secondary N) is 1. The van der Waals surface area contributed by atoms with Crippen LogP contribution in [0.4, 0.5) is 5.69 Å². The summed E-state index contributed by atoms with van der Waals surface area (Å²) in [4.78, 5) is 29.9. The quantitative estimate of drug-likeness (QED) is 0.178. The highest BCUT2D eigenvalue weighted by Crippen LogP contribution is 2.29. The minimum atomic E-state index is -4.19. The fourth-order valence-electron chi connectivity index (χ4n) is 4.97. The summed E-state index contributed by atoms with van der Waals surface area (Å²) in [6.45, 7) is 7.80. The molecule has 1 atom stereocenters. The summed E-state index contributed by atoms with van der Waals surface area (Å²) in [6, 6.07) is 29.2. The largest absolute Gasteiger partial charge is 0.354 e. The minimum absolute atomic E-state index is 0.0373. The highest BCUT2D eigenvalue weighted by Gasteiger charge is 2.34. The van der Waals surface area contributed by atoms with Gasteiger partial charge in [0.25, 0.3) is 10.0 Å². The number of nitrogens with zero attached hydrogens (tertiary/aromatic N) is 2. The van der Waals surface area contributed by atoms with Crippen LogP contribution in [0.3, 0.4) is 0 Å². The first-order chi connectivity index (χ1) is 21.5. The van der Waals surface area contributed by atoms with E-state index in [1.54, 1.807) is 36.4 Å². The van der Waals surface area contributed by atoms with Gasteiger partial charge >= 0.3 is 0 Å². The predicted octanol–water partition coefficient (Wildman–Crippen LogP) is 6.56. The Morgan fingerprint density at radius 2 is 1.47 bits per heavy atom. The third-order valence-electron chi connectivity index (χ3n) is 7.44. The Bertz CT molecular complexity index is 1710. The fourth-order valence-corrected chi connectivity index (χ4v) is 6.57. The Morgan fingerprint density at radius 1 is 0.822 bits per heavy atom. The van der Waals surface area contributed by atoms with Gasteiger partial charge in [-0.15, -0.1) is 0 Å². The van der Waals surface area contributed by atoms with Crippen molar-refractivity contribution in [1.82, 2.24) is 10.2 Å². The lowest BCUT2D eigenvalue weighted by Crippen LogP contribution is -2.53. The van der Waals surface area contributed by atoms with E-state index in [1.807, 2.05) is 82.3 Å². The molecule has 0 unspecified atom stereocenters. The van der Waals surface area contributed by atoms with Crippen LogP contribution in [-0.4, -0.2) is 44.3 Å². The number of hydrogen-bond donors (Lipinski definition) is 1. The zero-order valence-electron chi connectivity index (χ0n) is 26.1. The first-order valence-electron chi connectivity index (χ1n) is 15.0. The smallest absolute Gasteiger partial charge is 0.264 e. The summed E-state index contributed by atoms with van der Waals surface area (Å²) in [7, 11) is -4.19. The Morgan fingerprint density at radius 3 is 2.09 bits per heavy atom. The van der Waals surface area contributed by atoms with Crippen LogP contribution in [0, 0.1) is 19.8 Å². The molecule has 0 saturated heterocycles. The lowest BCUT2D eigenvalue weighted by molar-refractivity contribution is -0.140. The topological polar surface area (TPSA) is 86.8 Å². The highest BCUT2D eigenvalue weighted by molar-refractivity contribution is 7.92. The predicted molar refractivity (Wildman–Crippen MR) is 181 cm³/mol. The molecule has 0 aliphatic rings. The van der Waals surface area contributed by atoms with Crippen LogP contribution in [-0.2, 0) is 32.6 Å². The average molecular weight is 646 g/mol. The Labute approximate surface area is 271 Å². The van der Waals surface area contributed by atoms with Crippen molar-refractivity contribution >= 4 is 39.1 Å². The van der Waals surface area contributed by atoms with E-state index in [2.05, 4.69) is 5.32 Å². The van der Waals surface area contributed by atoms with Crippen molar-refractivity contribution in [2.75, 3.05) is 17.4 Å². The maximum Gasteiger partial charge on any atom is 0.264 e. The molecule has 0 aliphatic heterocycles. The SMILES string of the molecule is Cc1cccc(CN(C(=O)CN(c2ccc(C)c(Cl)c2)S(=O)(=O)c2ccccc2)[C@H](Cc2ccccc2)C(=O)NCC(C)C)c1. The number of anilines is 1. The third kappa shape index (κ3) is 8.96. The number of rotatable bonds is 13. The van der Waals surface area contributed by atoms with E-state index in [1.165, 1.54) is 17.0 Å². The number of benzene rings is 4. The summed E-state index contributed by atoms with van der Waals surface area (Å²) < 4.78 is 29.3. The molecule has 1 N–H and O–H groups in total. The molecular weight excluding hydrogens is 606 g/mol. The second-order valence-corrected chi connectivity index (χ2v) is 13.9. The van der Waals surface area contributed by atoms with Gasteiger partial charge < -0.3 is 10.2 Å². The molecule has 4 rings (SSSR count). The molecule has 45 heavy (non-hydrogen) atoms. The maximum absolute atomic E-state index is 14.5. The van der Waals surface area contributed by atoms with Crippen LogP contribution < -0.4 is 9.62 Å². The number of amides is 2. The van der Waals surface area contributed by atoms with Crippen LogP contribution in [0.25, 0.3) is 0 Å². The number of hydrogen-bond acceptors (Lipinski definition) is 4. The van der Waals surface area contributed by atoms with Gasteiger partial charge in [0, 0.05) is 24.5 Å². The van der Waals surface area contributed by atoms with E-state index < -0.39 is 28.5 Å². The van der Waals surface area contributed by atoms with E-state index in [4.69, 9.17) is 11.6 Å². The number of halogens is 1. The standard InChI is InChI=1S/C36H40ClN3O4S/c1-26(2)23-38-36(42)34(21-29-13-7-5-8-14-29)39(24-30-15-11-12-27(3)20-30)35(41)25-40(31-19-18-28(4)33(37)22-31)45(43,44)32-16-9-6-10-17-32/h5-20,22,26,34H,21,23-25H2,1-4H3,(H,38,42)/t34-/m1/s1. The number of carbonyl (C=O) groups excluding carboxylic acids is 2. The van der Waals surface area contributed by atoms with Crippen molar-refractivity contribution in [2.45, 2.75) is 51.6 Å². The summed E-state index contributed by atoms with van der Waals surface area (Å²) in [5, 5.41) is 3.38. The lowest BCUT2D eigenvalue weighted by Gasteiger charge is -2.34. The Hall–Kier alpha value is -4.14. The van der Waals surface area contributed by atoms with Crippen molar-refractivity contribution < 1.29 is 18.0 Å². The molecule has 0 saturated carbocycles. The van der Waals surface area contributed by atoms with E-state index in [0.29, 0.717) is 11.6 Å². The molecule has 0 fully saturated rings. The molecule has 0 aromatic heterocycles. The fraction of sp³-hybridized carbons (Fsp3) is 0.278. The monoisotopic (exact) mass is 645 g/mol. The van der Waals surface area contributed by atoms with Gasteiger partial charge in [-0.1, -0.05) is 110 Å². The molecule has 0 bridgehead atoms. The van der Waals surface area contributed by atoms with E-state index in [0.717, 1.165) is 26.6 Å². The number of aryl methyl sites for hydroxylation is 2. The minimum Gasteiger partial charge on any atom is -0.354 e. The van der Waals surface area contributed by atoms with Crippen LogP contribution >= 0.6 is 11.6 Å². The molecule has 9 heteroatoms. The third-order valence-corrected chi connectivity index (χ3v) is 9.64. The zero-order valence-corrected chi connectivity index (χ0v) is 27.7. The molecule has 236 valence electrons. The molecular formula is C36H40ClN3O4S. The van der Waals surface area contributed by atoms with Crippen molar-refractivity contribution in [3.8, 4) is 0 Å². The van der Waals surface area contributed by atoms with Crippen LogP contribution in [0.5, 0.6) is 0 Å². The second-order valence-electron chi connectivity index (χ2n) is 11.6. The molecule has 0 aliphatic carbocycles. The van der Waals surface area contributed by atoms with Gasteiger partial charge in [0.15, 0.2) is 0 Å². The van der Waals surface area contributed by atoms with E-state index >= 15 is 0 Å². The molecule has 0 radical (unpaired) electrons. The summed E-state index contributed by atoms with van der Waals surface area (Å²) in [5.74, 6) is -0.622. The van der Waals surface area contributed by atoms with Crippen LogP contribution in [0.15, 0.2) is 108 Å². The summed E-state index contributed by atoms with van der Waals surface area (Å²) in [5.41, 5.74) is 3.74. The van der Waals surface area contributed by atoms with E-state index in [-0.39, 0.29) is 35.4 Å². The summed E-state index contributed by atoms with van der Waals surface area (Å²) in [6.07, 6.45) is 0.254. The average Bonchev–Trinajstić information content (AvgIpc) is 3.02. The van der Waals surface area contributed by atoms with Crippen molar-refractivity contribution in [1.29, 1.82) is 0 Å². The van der Waals surface area contributed by atoms with Crippen molar-refractivity contribution in [3.63, 3.8) is 0 Å². The van der Waals surface area contributed by atoms with Crippen molar-refractivity contribution in [3.05, 3.63) is 130 Å². The molecule has 4 aromatic carbocycles. The van der Waals surface area contributed by atoms with Gasteiger partial charge in [-0.3, -0.25) is 13.9 Å². The number of sulfonamides is 1. The summed E-state index contributed by atoms with van der Waals surface area (Å²) >= 11 is 6.45. The van der Waals surface area contributed by atoms with Gasteiger partial charge in [0.1, 0.15) is 12.6 Å². The lowest BCUT2D eigenvalue weighted by atomic mass is 10.0. The van der Waals surface area contributed by atoms with Gasteiger partial charge in [0.05, 0.1) is 10.6 Å². The molecule has 0 heterocycles. The first-order valence-corrected chi connectivity index (χ1v) is 16.8. The van der Waals surface area contributed by atoms with Gasteiger partial charge in [-0.25, -0.2) is 8.42 Å². The molecule has 4 aromatic rings.